The van der Waals surface area contributed by atoms with E-state index in [1.807, 2.05) is 6.07 Å². The number of carbonyl (C=O) groups excluding carboxylic acids is 2. The largest absolute Gasteiger partial charge is 0.404 e. The Balaban J connectivity index is 3.11. The van der Waals surface area contributed by atoms with Crippen LogP contribution in [-0.2, 0) is 4.79 Å². The third kappa shape index (κ3) is 2.27. The zero-order valence-electron chi connectivity index (χ0n) is 8.47. The second-order valence-electron chi connectivity index (χ2n) is 3.02. The second kappa shape index (κ2) is 4.78. The van der Waals surface area contributed by atoms with Crippen molar-refractivity contribution in [1.82, 2.24) is 0 Å². The minimum Gasteiger partial charge on any atom is -0.360 e. The summed E-state index contributed by atoms with van der Waals surface area (Å²) in [6.45, 7) is 1.14. The Kier molecular flexibility index (Phi) is 3.44. The molecule has 0 N–H and O–H groups in total. The molecule has 0 unspecified atom stereocenters. The molecule has 1 aromatic carbocycles. The summed E-state index contributed by atoms with van der Waals surface area (Å²) >= 11 is 0. The summed E-state index contributed by atoms with van der Waals surface area (Å²) < 4.78 is 0. The Morgan fingerprint density at radius 2 is 1.88 bits per heavy atom. The number of rotatable bonds is 3. The summed E-state index contributed by atoms with van der Waals surface area (Å²) in [5, 5.41) is 8.56. The molecule has 0 heterocycles. The van der Waals surface area contributed by atoms with Gasteiger partial charge in [-0.25, -0.2) is 0 Å². The summed E-state index contributed by atoms with van der Waals surface area (Å²) in [4.78, 5) is 25.2. The average Bonchev–Trinajstić information content (AvgIpc) is 2.29. The predicted octanol–water partition coefficient (Wildman–Crippen LogP) is 1.00. The zero-order chi connectivity index (χ0) is 12.1. The van der Waals surface area contributed by atoms with Crippen molar-refractivity contribution in [1.29, 1.82) is 5.26 Å². The van der Waals surface area contributed by atoms with Crippen LogP contribution in [0.4, 0.5) is 0 Å². The Morgan fingerprint density at radius 3 is 2.25 bits per heavy atom. The summed E-state index contributed by atoms with van der Waals surface area (Å²) in [5.41, 5.74) is 8.60. The fraction of sp³-hybridized carbons (Fsp3) is 0.0909. The standard InChI is InChI=1S/C11H7N3O2/c1-7(15)10(14-13)11(16)9-4-2-8(6-12)3-5-9/h2-5H,1H3. The van der Waals surface area contributed by atoms with E-state index in [1.54, 1.807) is 0 Å². The molecule has 0 bridgehead atoms. The van der Waals surface area contributed by atoms with Crippen LogP contribution >= 0.6 is 0 Å². The molecule has 0 spiro atoms. The Bertz CT molecular complexity index is 531. The van der Waals surface area contributed by atoms with Crippen molar-refractivity contribution < 1.29 is 14.4 Å². The highest BCUT2D eigenvalue weighted by atomic mass is 16.1. The number of nitrogens with zero attached hydrogens (tertiary/aromatic N) is 3. The minimum atomic E-state index is -0.667. The highest BCUT2D eigenvalue weighted by molar-refractivity contribution is 6.66. The van der Waals surface area contributed by atoms with Crippen LogP contribution in [0.1, 0.15) is 22.8 Å². The quantitative estimate of drug-likeness (QED) is 0.246. The Morgan fingerprint density at radius 1 is 1.31 bits per heavy atom. The number of hydrogen-bond donors (Lipinski definition) is 0. The van der Waals surface area contributed by atoms with Gasteiger partial charge in [-0.1, -0.05) is 0 Å². The van der Waals surface area contributed by atoms with Crippen LogP contribution in [0.2, 0.25) is 0 Å². The Labute approximate surface area is 91.6 Å². The van der Waals surface area contributed by atoms with E-state index in [-0.39, 0.29) is 5.56 Å². The van der Waals surface area contributed by atoms with Crippen LogP contribution < -0.4 is 0 Å². The van der Waals surface area contributed by atoms with Crippen LogP contribution in [0.5, 0.6) is 0 Å². The number of Topliss-reactive ketones (excluding diaryl/α,β-unsaturated/α-hetero) is 2. The van der Waals surface area contributed by atoms with Gasteiger partial charge in [0.05, 0.1) is 11.6 Å². The van der Waals surface area contributed by atoms with Gasteiger partial charge in [0.15, 0.2) is 0 Å². The lowest BCUT2D eigenvalue weighted by Crippen LogP contribution is -2.23. The first kappa shape index (κ1) is 11.5. The predicted molar refractivity (Wildman–Crippen MR) is 54.8 cm³/mol. The van der Waals surface area contributed by atoms with Gasteiger partial charge in [-0.05, 0) is 24.3 Å². The lowest BCUT2D eigenvalue weighted by Gasteiger charge is -1.94. The highest BCUT2D eigenvalue weighted by Gasteiger charge is 2.26. The number of ketones is 2. The molecular formula is C11H7N3O2. The van der Waals surface area contributed by atoms with Crippen molar-refractivity contribution in [2.75, 3.05) is 0 Å². The number of hydrogen-bond acceptors (Lipinski definition) is 3. The normalized spacial score (nSPS) is 8.75. The minimum absolute atomic E-state index is 0.196. The summed E-state index contributed by atoms with van der Waals surface area (Å²) in [6, 6.07) is 7.59. The molecule has 0 amide bonds. The summed E-state index contributed by atoms with van der Waals surface area (Å²) in [5.74, 6) is -1.28. The van der Waals surface area contributed by atoms with Crippen LogP contribution in [0.25, 0.3) is 5.53 Å². The molecule has 0 fully saturated rings. The molecule has 16 heavy (non-hydrogen) atoms. The van der Waals surface area contributed by atoms with E-state index in [0.717, 1.165) is 6.92 Å². The molecule has 0 saturated heterocycles. The maximum absolute atomic E-state index is 11.6. The zero-order valence-corrected chi connectivity index (χ0v) is 8.47. The van der Waals surface area contributed by atoms with Crippen molar-refractivity contribution in [3.63, 3.8) is 0 Å². The molecule has 5 heteroatoms. The molecule has 78 valence electrons. The van der Waals surface area contributed by atoms with Crippen LogP contribution in [-0.4, -0.2) is 22.1 Å². The van der Waals surface area contributed by atoms with Crippen LogP contribution in [0, 0.1) is 11.3 Å². The summed E-state index contributed by atoms with van der Waals surface area (Å²) in [7, 11) is 0. The van der Waals surface area contributed by atoms with E-state index in [4.69, 9.17) is 10.8 Å². The maximum atomic E-state index is 11.6. The van der Waals surface area contributed by atoms with E-state index in [2.05, 4.69) is 4.79 Å². The van der Waals surface area contributed by atoms with Crippen molar-refractivity contribution in [3.8, 4) is 6.07 Å². The molecule has 5 nitrogen and oxygen atoms in total. The first-order valence-corrected chi connectivity index (χ1v) is 4.38. The third-order valence-electron chi connectivity index (χ3n) is 1.92. The van der Waals surface area contributed by atoms with E-state index < -0.39 is 17.3 Å². The fourth-order valence-electron chi connectivity index (χ4n) is 1.11. The first-order chi connectivity index (χ1) is 7.60. The van der Waals surface area contributed by atoms with Gasteiger partial charge in [0.25, 0.3) is 5.78 Å². The van der Waals surface area contributed by atoms with Crippen molar-refractivity contribution in [2.24, 2.45) is 0 Å². The molecule has 0 aliphatic carbocycles. The molecule has 1 aromatic rings. The van der Waals surface area contributed by atoms with Crippen molar-refractivity contribution in [3.05, 3.63) is 40.9 Å². The smallest absolute Gasteiger partial charge is 0.360 e. The first-order valence-electron chi connectivity index (χ1n) is 4.38. The van der Waals surface area contributed by atoms with Gasteiger partial charge in [-0.2, -0.15) is 10.1 Å². The highest BCUT2D eigenvalue weighted by Crippen LogP contribution is 2.05. The molecule has 0 aliphatic rings. The lowest BCUT2D eigenvalue weighted by atomic mass is 10.0. The summed E-state index contributed by atoms with van der Waals surface area (Å²) in [6.07, 6.45) is 0. The second-order valence-corrected chi connectivity index (χ2v) is 3.02. The SMILES string of the molecule is CC(=O)C(=[N+]=[N-])C(=O)c1ccc(C#N)cc1. The van der Waals surface area contributed by atoms with Crippen LogP contribution in [0.3, 0.4) is 0 Å². The maximum Gasteiger partial charge on any atom is 0.404 e. The number of carbonyl (C=O) groups is 2. The van der Waals surface area contributed by atoms with Crippen LogP contribution in [0.15, 0.2) is 24.3 Å². The van der Waals surface area contributed by atoms with E-state index in [9.17, 15) is 9.59 Å². The molecule has 0 radical (unpaired) electrons. The van der Waals surface area contributed by atoms with Gasteiger partial charge in [-0.3, -0.25) is 9.59 Å². The molecule has 0 aromatic heterocycles. The third-order valence-corrected chi connectivity index (χ3v) is 1.92. The number of benzene rings is 1. The van der Waals surface area contributed by atoms with E-state index in [1.165, 1.54) is 24.3 Å². The van der Waals surface area contributed by atoms with Gasteiger partial charge in [0.2, 0.25) is 5.78 Å². The molecule has 0 saturated carbocycles. The fourth-order valence-corrected chi connectivity index (χ4v) is 1.11. The van der Waals surface area contributed by atoms with E-state index in [0.29, 0.717) is 5.56 Å². The van der Waals surface area contributed by atoms with Gasteiger partial charge in [0.1, 0.15) is 0 Å². The van der Waals surface area contributed by atoms with Gasteiger partial charge >= 0.3 is 5.71 Å². The van der Waals surface area contributed by atoms with Gasteiger partial charge < -0.3 is 5.53 Å². The van der Waals surface area contributed by atoms with Gasteiger partial charge in [-0.15, -0.1) is 0 Å². The molecule has 0 aliphatic heterocycles. The molecular weight excluding hydrogens is 206 g/mol. The van der Waals surface area contributed by atoms with Gasteiger partial charge in [0, 0.05) is 12.5 Å². The van der Waals surface area contributed by atoms with Crippen molar-refractivity contribution >= 4 is 17.3 Å². The average molecular weight is 213 g/mol. The van der Waals surface area contributed by atoms with Crippen molar-refractivity contribution in [2.45, 2.75) is 6.92 Å². The van der Waals surface area contributed by atoms with E-state index >= 15 is 0 Å². The lowest BCUT2D eigenvalue weighted by molar-refractivity contribution is -0.115. The Hall–Kier alpha value is -2.57. The number of nitriles is 1. The molecule has 0 atom stereocenters. The topological polar surface area (TPSA) is 94.3 Å². The molecule has 1 rings (SSSR count). The monoisotopic (exact) mass is 213 g/mol.